The van der Waals surface area contributed by atoms with Gasteiger partial charge in [-0.25, -0.2) is 4.79 Å². The van der Waals surface area contributed by atoms with Crippen LogP contribution < -0.4 is 10.6 Å². The van der Waals surface area contributed by atoms with Gasteiger partial charge in [0.25, 0.3) is 11.8 Å². The van der Waals surface area contributed by atoms with Crippen LogP contribution in [0.15, 0.2) is 24.3 Å². The van der Waals surface area contributed by atoms with Crippen LogP contribution in [0.3, 0.4) is 0 Å². The predicted molar refractivity (Wildman–Crippen MR) is 103 cm³/mol. The molecule has 1 aromatic carbocycles. The Kier molecular flexibility index (Phi) is 6.39. The lowest BCUT2D eigenvalue weighted by atomic mass is 10.1. The number of benzene rings is 1. The highest BCUT2D eigenvalue weighted by Crippen LogP contribution is 2.21. The molecule has 0 aliphatic rings. The van der Waals surface area contributed by atoms with E-state index in [2.05, 4.69) is 15.6 Å². The van der Waals surface area contributed by atoms with Crippen molar-refractivity contribution in [1.82, 2.24) is 10.3 Å². The normalized spacial score (nSPS) is 10.6. The largest absolute Gasteiger partial charge is 0.465 e. The van der Waals surface area contributed by atoms with Crippen LogP contribution in [0.25, 0.3) is 0 Å². The fourth-order valence-electron chi connectivity index (χ4n) is 2.75. The number of anilines is 1. The summed E-state index contributed by atoms with van der Waals surface area (Å²) in [6.07, 6.45) is 0. The van der Waals surface area contributed by atoms with Crippen LogP contribution in [0.4, 0.5) is 5.69 Å². The van der Waals surface area contributed by atoms with E-state index < -0.39 is 11.9 Å². The number of methoxy groups -OCH3 is 1. The summed E-state index contributed by atoms with van der Waals surface area (Å²) in [5.41, 5.74) is 2.41. The molecule has 144 valence electrons. The van der Waals surface area contributed by atoms with Gasteiger partial charge >= 0.3 is 5.97 Å². The number of carbonyl (C=O) groups excluding carboxylic acids is 3. The van der Waals surface area contributed by atoms with E-state index in [0.717, 1.165) is 0 Å². The van der Waals surface area contributed by atoms with E-state index in [1.807, 2.05) is 13.8 Å². The molecule has 3 N–H and O–H groups in total. The van der Waals surface area contributed by atoms with Crippen LogP contribution >= 0.6 is 0 Å². The fourth-order valence-corrected chi connectivity index (χ4v) is 2.75. The summed E-state index contributed by atoms with van der Waals surface area (Å²) in [6, 6.07) is 6.79. The van der Waals surface area contributed by atoms with Gasteiger partial charge in [0.05, 0.1) is 23.9 Å². The van der Waals surface area contributed by atoms with Crippen LogP contribution in [0.5, 0.6) is 0 Å². The summed E-state index contributed by atoms with van der Waals surface area (Å²) < 4.78 is 4.76. The lowest BCUT2D eigenvalue weighted by Crippen LogP contribution is -2.28. The van der Waals surface area contributed by atoms with Crippen molar-refractivity contribution in [2.45, 2.75) is 27.7 Å². The fraction of sp³-hybridized carbons (Fsp3) is 0.350. The molecule has 0 atom stereocenters. The molecule has 1 heterocycles. The molecule has 2 rings (SSSR count). The second-order valence-corrected chi connectivity index (χ2v) is 6.72. The number of aryl methyl sites for hydroxylation is 1. The Morgan fingerprint density at radius 2 is 1.78 bits per heavy atom. The molecule has 2 aromatic rings. The van der Waals surface area contributed by atoms with Gasteiger partial charge < -0.3 is 20.4 Å². The maximum absolute atomic E-state index is 12.7. The first-order chi connectivity index (χ1) is 12.8. The van der Waals surface area contributed by atoms with Crippen molar-refractivity contribution >= 4 is 23.5 Å². The topological polar surface area (TPSA) is 100 Å². The van der Waals surface area contributed by atoms with Crippen LogP contribution in [0, 0.1) is 19.8 Å². The van der Waals surface area contributed by atoms with Crippen molar-refractivity contribution in [3.05, 3.63) is 52.3 Å². The minimum absolute atomic E-state index is 0.255. The Bertz CT molecular complexity index is 868. The van der Waals surface area contributed by atoms with Gasteiger partial charge in [-0.2, -0.15) is 0 Å². The highest BCUT2D eigenvalue weighted by atomic mass is 16.5. The third kappa shape index (κ3) is 4.55. The van der Waals surface area contributed by atoms with Crippen molar-refractivity contribution in [2.75, 3.05) is 19.0 Å². The number of hydrogen-bond acceptors (Lipinski definition) is 4. The van der Waals surface area contributed by atoms with Gasteiger partial charge in [0.15, 0.2) is 0 Å². The van der Waals surface area contributed by atoms with E-state index >= 15 is 0 Å². The number of ether oxygens (including phenoxy) is 1. The Balaban J connectivity index is 2.27. The highest BCUT2D eigenvalue weighted by molar-refractivity contribution is 6.10. The molecule has 2 amide bonds. The summed E-state index contributed by atoms with van der Waals surface area (Å²) in [5, 5.41) is 5.59. The van der Waals surface area contributed by atoms with E-state index in [1.54, 1.807) is 38.1 Å². The first-order valence-corrected chi connectivity index (χ1v) is 8.72. The number of carbonyl (C=O) groups is 3. The molecular formula is C20H25N3O4. The predicted octanol–water partition coefficient (Wildman–Crippen LogP) is 3.06. The van der Waals surface area contributed by atoms with Gasteiger partial charge in [0.2, 0.25) is 0 Å². The van der Waals surface area contributed by atoms with Crippen molar-refractivity contribution in [3.63, 3.8) is 0 Å². The first-order valence-electron chi connectivity index (χ1n) is 8.72. The average molecular weight is 371 g/mol. The smallest absolute Gasteiger partial charge is 0.339 e. The zero-order chi connectivity index (χ0) is 20.1. The third-order valence-corrected chi connectivity index (χ3v) is 4.14. The number of rotatable bonds is 6. The van der Waals surface area contributed by atoms with Crippen molar-refractivity contribution < 1.29 is 19.1 Å². The van der Waals surface area contributed by atoms with Crippen LogP contribution in [-0.4, -0.2) is 36.4 Å². The number of para-hydroxylation sites is 1. The molecule has 0 spiro atoms. The molecule has 0 saturated carbocycles. The average Bonchev–Trinajstić information content (AvgIpc) is 2.94. The molecule has 7 heteroatoms. The number of amides is 2. The second kappa shape index (κ2) is 8.53. The minimum atomic E-state index is -0.506. The van der Waals surface area contributed by atoms with Gasteiger partial charge in [-0.05, 0) is 37.5 Å². The Hall–Kier alpha value is -3.09. The molecule has 0 radical (unpaired) electrons. The summed E-state index contributed by atoms with van der Waals surface area (Å²) in [6.45, 7) is 7.92. The van der Waals surface area contributed by atoms with Crippen molar-refractivity contribution in [1.29, 1.82) is 0 Å². The van der Waals surface area contributed by atoms with E-state index in [4.69, 9.17) is 4.74 Å². The summed E-state index contributed by atoms with van der Waals surface area (Å²) >= 11 is 0. The summed E-state index contributed by atoms with van der Waals surface area (Å²) in [4.78, 5) is 40.0. The lowest BCUT2D eigenvalue weighted by Gasteiger charge is -2.12. The highest BCUT2D eigenvalue weighted by Gasteiger charge is 2.23. The molecule has 0 fully saturated rings. The standard InChI is InChI=1S/C20H25N3O4/c1-11(2)10-21-18(24)14-8-6-7-9-15(14)23-19(25)17-12(3)16(13(4)22-17)20(26)27-5/h6-9,11,22H,10H2,1-5H3,(H,21,24)(H,23,25). The maximum atomic E-state index is 12.7. The SMILES string of the molecule is COC(=O)c1c(C)[nH]c(C(=O)Nc2ccccc2C(=O)NCC(C)C)c1C. The number of esters is 1. The first kappa shape index (κ1) is 20.2. The van der Waals surface area contributed by atoms with Crippen LogP contribution in [0.1, 0.15) is 56.3 Å². The summed E-state index contributed by atoms with van der Waals surface area (Å²) in [7, 11) is 1.29. The molecule has 7 nitrogen and oxygen atoms in total. The number of nitrogens with one attached hydrogen (secondary N) is 3. The molecule has 0 bridgehead atoms. The number of H-pyrrole nitrogens is 1. The molecule has 0 aliphatic heterocycles. The monoisotopic (exact) mass is 371 g/mol. The van der Waals surface area contributed by atoms with E-state index in [-0.39, 0.29) is 11.6 Å². The molecular weight excluding hydrogens is 346 g/mol. The Morgan fingerprint density at radius 1 is 1.11 bits per heavy atom. The Morgan fingerprint density at radius 3 is 2.41 bits per heavy atom. The molecule has 27 heavy (non-hydrogen) atoms. The molecule has 0 aliphatic carbocycles. The van der Waals surface area contributed by atoms with Crippen molar-refractivity contribution in [2.24, 2.45) is 5.92 Å². The van der Waals surface area contributed by atoms with Crippen molar-refractivity contribution in [3.8, 4) is 0 Å². The number of hydrogen-bond donors (Lipinski definition) is 3. The molecule has 0 saturated heterocycles. The minimum Gasteiger partial charge on any atom is -0.465 e. The van der Waals surface area contributed by atoms with Gasteiger partial charge in [0, 0.05) is 12.2 Å². The Labute approximate surface area is 158 Å². The zero-order valence-electron chi connectivity index (χ0n) is 16.2. The number of aromatic amines is 1. The quantitative estimate of drug-likeness (QED) is 0.680. The van der Waals surface area contributed by atoms with E-state index in [9.17, 15) is 14.4 Å². The summed E-state index contributed by atoms with van der Waals surface area (Å²) in [5.74, 6) is -0.880. The molecule has 0 unspecified atom stereocenters. The zero-order valence-corrected chi connectivity index (χ0v) is 16.2. The van der Waals surface area contributed by atoms with Gasteiger partial charge in [-0.3, -0.25) is 9.59 Å². The van der Waals surface area contributed by atoms with Gasteiger partial charge in [0.1, 0.15) is 5.69 Å². The van der Waals surface area contributed by atoms with Gasteiger partial charge in [-0.1, -0.05) is 26.0 Å². The second-order valence-electron chi connectivity index (χ2n) is 6.72. The van der Waals surface area contributed by atoms with E-state index in [1.165, 1.54) is 7.11 Å². The number of aromatic nitrogens is 1. The maximum Gasteiger partial charge on any atom is 0.339 e. The van der Waals surface area contributed by atoms with Crippen LogP contribution in [-0.2, 0) is 4.74 Å². The van der Waals surface area contributed by atoms with E-state index in [0.29, 0.717) is 40.5 Å². The molecule has 1 aromatic heterocycles. The third-order valence-electron chi connectivity index (χ3n) is 4.14. The van der Waals surface area contributed by atoms with Crippen LogP contribution in [0.2, 0.25) is 0 Å². The lowest BCUT2D eigenvalue weighted by molar-refractivity contribution is 0.0599. The van der Waals surface area contributed by atoms with Gasteiger partial charge in [-0.15, -0.1) is 0 Å².